The molecule has 1 rings (SSSR count). The molecule has 0 N–H and O–H groups in total. The zero-order chi connectivity index (χ0) is 10.6. The van der Waals surface area contributed by atoms with Gasteiger partial charge in [0.25, 0.3) is 0 Å². The number of carbonyl (C=O) groups is 1. The normalized spacial score (nSPS) is 9.64. The van der Waals surface area contributed by atoms with Crippen molar-refractivity contribution in [3.05, 3.63) is 5.82 Å². The smallest absolute Gasteiger partial charge is 0.322 e. The molecular formula is C8H11N3O3. The molecule has 1 aromatic rings. The molecule has 0 saturated heterocycles. The molecule has 0 aromatic carbocycles. The molecule has 0 unspecified atom stereocenters. The lowest BCUT2D eigenvalue weighted by Crippen LogP contribution is -2.07. The van der Waals surface area contributed by atoms with E-state index in [9.17, 15) is 4.79 Å². The molecule has 0 amide bonds. The number of hydrogen-bond donors (Lipinski definition) is 0. The van der Waals surface area contributed by atoms with Gasteiger partial charge in [0.05, 0.1) is 20.6 Å². The van der Waals surface area contributed by atoms with Crippen LogP contribution in [0.2, 0.25) is 0 Å². The fraction of sp³-hybridized carbons (Fsp3) is 0.500. The second-order valence-corrected chi connectivity index (χ2v) is 2.60. The van der Waals surface area contributed by atoms with Gasteiger partial charge in [0.1, 0.15) is 11.6 Å². The quantitative estimate of drug-likeness (QED) is 0.677. The molecule has 6 nitrogen and oxygen atoms in total. The van der Waals surface area contributed by atoms with Crippen LogP contribution in [0.5, 0.6) is 12.0 Å². The standard InChI is InChI=1S/C8H11N3O3/c1-5(12)4-6-9-7(13-2)11-8(10-6)14-3/h4H2,1-3H3. The lowest BCUT2D eigenvalue weighted by Gasteiger charge is -2.03. The molecule has 0 aliphatic rings. The van der Waals surface area contributed by atoms with E-state index in [0.717, 1.165) is 0 Å². The van der Waals surface area contributed by atoms with Crippen molar-refractivity contribution in [3.63, 3.8) is 0 Å². The second-order valence-electron chi connectivity index (χ2n) is 2.60. The lowest BCUT2D eigenvalue weighted by molar-refractivity contribution is -0.116. The van der Waals surface area contributed by atoms with E-state index >= 15 is 0 Å². The fourth-order valence-electron chi connectivity index (χ4n) is 0.862. The van der Waals surface area contributed by atoms with Gasteiger partial charge in [-0.05, 0) is 6.92 Å². The average Bonchev–Trinajstić information content (AvgIpc) is 2.16. The Hall–Kier alpha value is -1.72. The van der Waals surface area contributed by atoms with Crippen LogP contribution in [0.3, 0.4) is 0 Å². The SMILES string of the molecule is COc1nc(CC(C)=O)nc(OC)n1. The molecular weight excluding hydrogens is 186 g/mol. The number of methoxy groups -OCH3 is 2. The molecule has 0 atom stereocenters. The third-order valence-corrected chi connectivity index (χ3v) is 1.41. The summed E-state index contributed by atoms with van der Waals surface area (Å²) in [6.45, 7) is 1.46. The summed E-state index contributed by atoms with van der Waals surface area (Å²) in [5, 5.41) is 0. The molecule has 0 saturated carbocycles. The maximum Gasteiger partial charge on any atom is 0.322 e. The summed E-state index contributed by atoms with van der Waals surface area (Å²) in [6.07, 6.45) is 0.148. The van der Waals surface area contributed by atoms with Crippen LogP contribution in [-0.4, -0.2) is 35.0 Å². The van der Waals surface area contributed by atoms with Crippen molar-refractivity contribution >= 4 is 5.78 Å². The Morgan fingerprint density at radius 2 is 1.64 bits per heavy atom. The first-order chi connectivity index (χ1) is 6.65. The number of aromatic nitrogens is 3. The van der Waals surface area contributed by atoms with E-state index in [2.05, 4.69) is 15.0 Å². The molecule has 1 aromatic heterocycles. The summed E-state index contributed by atoms with van der Waals surface area (Å²) >= 11 is 0. The Balaban J connectivity index is 2.98. The van der Waals surface area contributed by atoms with Gasteiger partial charge in [-0.1, -0.05) is 0 Å². The topological polar surface area (TPSA) is 74.2 Å². The molecule has 0 aliphatic carbocycles. The Kier molecular flexibility index (Phi) is 3.33. The summed E-state index contributed by atoms with van der Waals surface area (Å²) in [4.78, 5) is 22.4. The van der Waals surface area contributed by atoms with Gasteiger partial charge in [-0.2, -0.15) is 9.97 Å². The van der Waals surface area contributed by atoms with Crippen LogP contribution < -0.4 is 9.47 Å². The molecule has 0 radical (unpaired) electrons. The van der Waals surface area contributed by atoms with E-state index in [-0.39, 0.29) is 24.2 Å². The summed E-state index contributed by atoms with van der Waals surface area (Å²) in [5.74, 6) is 0.321. The van der Waals surface area contributed by atoms with Crippen LogP contribution in [0.4, 0.5) is 0 Å². The molecule has 0 spiro atoms. The van der Waals surface area contributed by atoms with Gasteiger partial charge in [0, 0.05) is 0 Å². The minimum atomic E-state index is -0.0275. The maximum atomic E-state index is 10.8. The Morgan fingerprint density at radius 1 is 1.14 bits per heavy atom. The monoisotopic (exact) mass is 197 g/mol. The van der Waals surface area contributed by atoms with Crippen LogP contribution in [0.1, 0.15) is 12.7 Å². The Morgan fingerprint density at radius 3 is 2.00 bits per heavy atom. The predicted molar refractivity (Wildman–Crippen MR) is 47.3 cm³/mol. The molecule has 0 aliphatic heterocycles. The summed E-state index contributed by atoms with van der Waals surface area (Å²) < 4.78 is 9.65. The highest BCUT2D eigenvalue weighted by atomic mass is 16.5. The second kappa shape index (κ2) is 4.50. The zero-order valence-electron chi connectivity index (χ0n) is 8.27. The van der Waals surface area contributed by atoms with Gasteiger partial charge in [-0.25, -0.2) is 0 Å². The van der Waals surface area contributed by atoms with E-state index in [1.807, 2.05) is 0 Å². The number of ether oxygens (including phenoxy) is 2. The first-order valence-corrected chi connectivity index (χ1v) is 3.98. The minimum Gasteiger partial charge on any atom is -0.467 e. The number of rotatable bonds is 4. The summed E-state index contributed by atoms with van der Waals surface area (Å²) in [5.41, 5.74) is 0. The number of hydrogen-bond acceptors (Lipinski definition) is 6. The number of ketones is 1. The molecule has 76 valence electrons. The van der Waals surface area contributed by atoms with E-state index in [0.29, 0.717) is 5.82 Å². The third-order valence-electron chi connectivity index (χ3n) is 1.41. The van der Waals surface area contributed by atoms with Crippen molar-refractivity contribution in [3.8, 4) is 12.0 Å². The van der Waals surface area contributed by atoms with Crippen molar-refractivity contribution in [2.45, 2.75) is 13.3 Å². The van der Waals surface area contributed by atoms with Gasteiger partial charge in [0.15, 0.2) is 0 Å². The molecule has 6 heteroatoms. The zero-order valence-corrected chi connectivity index (χ0v) is 8.27. The van der Waals surface area contributed by atoms with Gasteiger partial charge >= 0.3 is 12.0 Å². The largest absolute Gasteiger partial charge is 0.467 e. The highest BCUT2D eigenvalue weighted by Crippen LogP contribution is 2.08. The number of nitrogens with zero attached hydrogens (tertiary/aromatic N) is 3. The van der Waals surface area contributed by atoms with E-state index in [1.54, 1.807) is 0 Å². The van der Waals surface area contributed by atoms with Crippen LogP contribution in [-0.2, 0) is 11.2 Å². The van der Waals surface area contributed by atoms with Crippen LogP contribution in [0, 0.1) is 0 Å². The van der Waals surface area contributed by atoms with Crippen molar-refractivity contribution in [1.29, 1.82) is 0 Å². The summed E-state index contributed by atoms with van der Waals surface area (Å²) in [6, 6.07) is 0.293. The van der Waals surface area contributed by atoms with E-state index in [1.165, 1.54) is 21.1 Å². The van der Waals surface area contributed by atoms with Gasteiger partial charge in [-0.15, -0.1) is 4.98 Å². The van der Waals surface area contributed by atoms with Gasteiger partial charge < -0.3 is 9.47 Å². The van der Waals surface area contributed by atoms with Gasteiger partial charge in [0.2, 0.25) is 0 Å². The first-order valence-electron chi connectivity index (χ1n) is 3.98. The summed E-state index contributed by atoms with van der Waals surface area (Å²) in [7, 11) is 2.87. The van der Waals surface area contributed by atoms with Crippen molar-refractivity contribution < 1.29 is 14.3 Å². The Bertz CT molecular complexity index is 318. The third kappa shape index (κ3) is 2.65. The molecule has 14 heavy (non-hydrogen) atoms. The lowest BCUT2D eigenvalue weighted by atomic mass is 10.3. The Labute approximate surface area is 81.3 Å². The van der Waals surface area contributed by atoms with Crippen LogP contribution in [0.15, 0.2) is 0 Å². The van der Waals surface area contributed by atoms with Crippen LogP contribution >= 0.6 is 0 Å². The van der Waals surface area contributed by atoms with Crippen LogP contribution in [0.25, 0.3) is 0 Å². The highest BCUT2D eigenvalue weighted by molar-refractivity contribution is 5.77. The average molecular weight is 197 g/mol. The maximum absolute atomic E-state index is 10.8. The predicted octanol–water partition coefficient (Wildman–Crippen LogP) is 0.0203. The van der Waals surface area contributed by atoms with Gasteiger partial charge in [-0.3, -0.25) is 4.79 Å². The van der Waals surface area contributed by atoms with Crippen molar-refractivity contribution in [2.24, 2.45) is 0 Å². The molecule has 0 fully saturated rings. The minimum absolute atomic E-state index is 0.0275. The van der Waals surface area contributed by atoms with Crippen molar-refractivity contribution in [1.82, 2.24) is 15.0 Å². The van der Waals surface area contributed by atoms with E-state index < -0.39 is 0 Å². The molecule has 0 bridgehead atoms. The van der Waals surface area contributed by atoms with E-state index in [4.69, 9.17) is 9.47 Å². The first kappa shape index (κ1) is 10.4. The highest BCUT2D eigenvalue weighted by Gasteiger charge is 2.08. The number of carbonyl (C=O) groups excluding carboxylic acids is 1. The molecule has 1 heterocycles. The van der Waals surface area contributed by atoms with Crippen molar-refractivity contribution in [2.75, 3.05) is 14.2 Å². The fourth-order valence-corrected chi connectivity index (χ4v) is 0.862. The number of Topliss-reactive ketones (excluding diaryl/α,β-unsaturated/α-hetero) is 1.